The first-order valence-corrected chi connectivity index (χ1v) is 25.8. The first kappa shape index (κ1) is 57.7. The Morgan fingerprint density at radius 1 is 0.506 bits per heavy atom. The van der Waals surface area contributed by atoms with Gasteiger partial charge in [0.25, 0.3) is 0 Å². The van der Waals surface area contributed by atoms with Crippen molar-refractivity contribution < 1.29 is 47.6 Å². The number of nitrogens with zero attached hydrogens (tertiary/aromatic N) is 5. The molecule has 0 saturated carbocycles. The summed E-state index contributed by atoms with van der Waals surface area (Å²) in [5.74, 6) is -0.409. The lowest BCUT2D eigenvalue weighted by atomic mass is 10.2. The van der Waals surface area contributed by atoms with Gasteiger partial charge in [-0.15, -0.1) is 0 Å². The van der Waals surface area contributed by atoms with Crippen molar-refractivity contribution in [1.29, 1.82) is 5.26 Å². The van der Waals surface area contributed by atoms with Crippen molar-refractivity contribution in [2.24, 2.45) is 0 Å². The number of nitriles is 1. The zero-order valence-electron chi connectivity index (χ0n) is 42.2. The van der Waals surface area contributed by atoms with Crippen molar-refractivity contribution >= 4 is 50.9 Å². The van der Waals surface area contributed by atoms with Crippen LogP contribution in [0.1, 0.15) is 22.3 Å². The number of hydrogen-bond donors (Lipinski definition) is 2. The summed E-state index contributed by atoms with van der Waals surface area (Å²) >= 11 is 3.44. The third-order valence-electron chi connectivity index (χ3n) is 11.5. The summed E-state index contributed by atoms with van der Waals surface area (Å²) in [6.45, 7) is 18.1. The van der Waals surface area contributed by atoms with Crippen molar-refractivity contribution in [2.45, 2.75) is 38.1 Å². The standard InChI is InChI=1S/C38H36N4O6.C17H16BrNO2.C4H6N2O2/c1-40-32-14-18-34(19-15-32)48-28-36(46-26-31-10-6-3-7-11-31)24-42-21-20-41(37(43)38(42)44)23-35(45-25-30-8-4-2-5-9-30)27-47-33-16-12-29(22-39)13-17-33;1-19-15-7-9-16(10-8-15)21-13-17(11-18)20-12-14-5-3-2-4-6-14;7-3-4(8)6-2-1-5-3/h2-19,35-36H,20-21,23-28H2;2-10,17H,11-13H2;1-2H2,(H,5,7)(H,6,8). The summed E-state index contributed by atoms with van der Waals surface area (Å²) in [4.78, 5) is 57.1. The maximum absolute atomic E-state index is 13.4. The molecule has 2 N–H and O–H groups in total. The van der Waals surface area contributed by atoms with Crippen LogP contribution in [0.3, 0.4) is 0 Å². The molecule has 6 aromatic carbocycles. The van der Waals surface area contributed by atoms with Crippen LogP contribution in [0.4, 0.5) is 11.4 Å². The van der Waals surface area contributed by atoms with Gasteiger partial charge in [0.1, 0.15) is 55.4 Å². The van der Waals surface area contributed by atoms with Crippen LogP contribution in [-0.4, -0.2) is 116 Å². The monoisotopic (exact) mass is 1100 g/mol. The predicted octanol–water partition coefficient (Wildman–Crippen LogP) is 8.24. The highest BCUT2D eigenvalue weighted by Gasteiger charge is 2.35. The molecule has 2 aliphatic heterocycles. The SMILES string of the molecule is O=C1NCCNC1=O.[C-]#[N+]c1ccc(OCC(CBr)OCc2ccccc2)cc1.[C-]#[N+]c1ccc(OCC(CN2CCN(CC(COc3ccc(C#N)cc3)OCc3ccccc3)C(=O)C2=O)OCc2ccccc2)cc1. The number of piperazine rings is 2. The lowest BCUT2D eigenvalue weighted by Gasteiger charge is -2.36. The maximum Gasteiger partial charge on any atom is 0.312 e. The van der Waals surface area contributed by atoms with Gasteiger partial charge in [-0.05, 0) is 65.2 Å². The highest BCUT2D eigenvalue weighted by molar-refractivity contribution is 9.09. The van der Waals surface area contributed by atoms with Crippen LogP contribution in [0, 0.1) is 24.5 Å². The fourth-order valence-corrected chi connectivity index (χ4v) is 7.68. The molecule has 3 atom stereocenters. The Kier molecular flexibility index (Phi) is 24.0. The highest BCUT2D eigenvalue weighted by Crippen LogP contribution is 2.21. The second-order valence-corrected chi connectivity index (χ2v) is 17.9. The van der Waals surface area contributed by atoms with E-state index in [1.807, 2.05) is 91.0 Å². The van der Waals surface area contributed by atoms with E-state index in [0.717, 1.165) is 22.4 Å². The molecule has 0 spiro atoms. The molecule has 0 radical (unpaired) electrons. The zero-order chi connectivity index (χ0) is 54.5. The van der Waals surface area contributed by atoms with Crippen LogP contribution in [-0.2, 0) is 53.2 Å². The lowest BCUT2D eigenvalue weighted by molar-refractivity contribution is -0.159. The van der Waals surface area contributed by atoms with Gasteiger partial charge < -0.3 is 48.9 Å². The number of benzene rings is 6. The number of hydrogen-bond acceptors (Lipinski definition) is 11. The van der Waals surface area contributed by atoms with Crippen molar-refractivity contribution in [1.82, 2.24) is 20.4 Å². The van der Waals surface area contributed by atoms with E-state index in [9.17, 15) is 19.2 Å². The molecule has 3 unspecified atom stereocenters. The fraction of sp³-hybridized carbons (Fsp3) is 0.271. The van der Waals surface area contributed by atoms with Gasteiger partial charge in [0, 0.05) is 31.5 Å². The molecule has 77 heavy (non-hydrogen) atoms. The van der Waals surface area contributed by atoms with E-state index in [-0.39, 0.29) is 32.4 Å². The van der Waals surface area contributed by atoms with Gasteiger partial charge in [-0.3, -0.25) is 19.2 Å². The van der Waals surface area contributed by atoms with Gasteiger partial charge in [0.15, 0.2) is 11.4 Å². The number of alkyl halides is 1. The van der Waals surface area contributed by atoms with Crippen LogP contribution < -0.4 is 24.8 Å². The topological polar surface area (TPSA) is 187 Å². The molecule has 2 saturated heterocycles. The first-order chi connectivity index (χ1) is 37.6. The summed E-state index contributed by atoms with van der Waals surface area (Å²) in [5.41, 5.74) is 4.73. The zero-order valence-corrected chi connectivity index (χ0v) is 43.8. The third-order valence-corrected chi connectivity index (χ3v) is 12.3. The van der Waals surface area contributed by atoms with Gasteiger partial charge >= 0.3 is 23.6 Å². The average molecular weight is 1110 g/mol. The molecular weight excluding hydrogens is 1050 g/mol. The summed E-state index contributed by atoms with van der Waals surface area (Å²) in [6, 6.07) is 52.2. The Morgan fingerprint density at radius 2 is 0.844 bits per heavy atom. The number of carbonyl (C=O) groups excluding carboxylic acids is 4. The molecule has 0 aromatic heterocycles. The number of rotatable bonds is 23. The number of amides is 4. The van der Waals surface area contributed by atoms with E-state index in [2.05, 4.69) is 42.3 Å². The molecule has 18 heteroatoms. The Morgan fingerprint density at radius 3 is 1.17 bits per heavy atom. The molecule has 2 fully saturated rings. The van der Waals surface area contributed by atoms with E-state index in [1.165, 1.54) is 9.80 Å². The number of halogens is 1. The summed E-state index contributed by atoms with van der Waals surface area (Å²) in [7, 11) is 0. The predicted molar refractivity (Wildman–Crippen MR) is 291 cm³/mol. The van der Waals surface area contributed by atoms with E-state index in [4.69, 9.17) is 46.8 Å². The Hall–Kier alpha value is -8.57. The average Bonchev–Trinajstić information content (AvgIpc) is 3.48. The van der Waals surface area contributed by atoms with Crippen LogP contribution in [0.5, 0.6) is 17.2 Å². The molecule has 2 aliphatic rings. The molecule has 4 amide bonds. The lowest BCUT2D eigenvalue weighted by Crippen LogP contribution is -2.58. The van der Waals surface area contributed by atoms with Gasteiger partial charge in [-0.1, -0.05) is 131 Å². The summed E-state index contributed by atoms with van der Waals surface area (Å²) < 4.78 is 35.8. The second-order valence-electron chi connectivity index (χ2n) is 17.2. The molecule has 2 heterocycles. The normalized spacial score (nSPS) is 14.0. The summed E-state index contributed by atoms with van der Waals surface area (Å²) in [6.07, 6.45) is -1.06. The number of carbonyl (C=O) groups is 4. The molecule has 0 aliphatic carbocycles. The highest BCUT2D eigenvalue weighted by atomic mass is 79.9. The van der Waals surface area contributed by atoms with Crippen LogP contribution >= 0.6 is 15.9 Å². The molecule has 396 valence electrons. The Labute approximate surface area is 457 Å². The van der Waals surface area contributed by atoms with Gasteiger partial charge in [-0.25, -0.2) is 9.69 Å². The molecule has 8 rings (SSSR count). The first-order valence-electron chi connectivity index (χ1n) is 24.6. The fourth-order valence-electron chi connectivity index (χ4n) is 7.30. The smallest absolute Gasteiger partial charge is 0.312 e. The van der Waals surface area contributed by atoms with Crippen LogP contribution in [0.15, 0.2) is 164 Å². The van der Waals surface area contributed by atoms with E-state index < -0.39 is 35.8 Å². The third kappa shape index (κ3) is 20.2. The van der Waals surface area contributed by atoms with Crippen molar-refractivity contribution in [3.8, 4) is 23.3 Å². The maximum atomic E-state index is 13.4. The molecular formula is C59H58BrN7O10. The van der Waals surface area contributed by atoms with Gasteiger partial charge in [0.05, 0.1) is 57.7 Å². The largest absolute Gasteiger partial charge is 0.491 e. The molecule has 0 bridgehead atoms. The van der Waals surface area contributed by atoms with Crippen LogP contribution in [0.25, 0.3) is 9.69 Å². The van der Waals surface area contributed by atoms with Crippen molar-refractivity contribution in [3.63, 3.8) is 0 Å². The van der Waals surface area contributed by atoms with E-state index >= 15 is 0 Å². The Bertz CT molecular complexity index is 2760. The summed E-state index contributed by atoms with van der Waals surface area (Å²) in [5, 5.41) is 14.6. The Balaban J connectivity index is 0.000000270. The van der Waals surface area contributed by atoms with Crippen molar-refractivity contribution in [3.05, 3.63) is 209 Å². The van der Waals surface area contributed by atoms with E-state index in [0.29, 0.717) is 86.4 Å². The number of nitrogens with one attached hydrogen (secondary N) is 2. The van der Waals surface area contributed by atoms with E-state index in [1.54, 1.807) is 72.8 Å². The quantitative estimate of drug-likeness (QED) is 0.0358. The number of ether oxygens (including phenoxy) is 6. The molecule has 6 aromatic rings. The minimum Gasteiger partial charge on any atom is -0.491 e. The van der Waals surface area contributed by atoms with Gasteiger partial charge in [0.2, 0.25) is 0 Å². The molecule has 17 nitrogen and oxygen atoms in total. The minimum atomic E-state index is -0.620. The van der Waals surface area contributed by atoms with Crippen LogP contribution in [0.2, 0.25) is 0 Å². The second kappa shape index (κ2) is 32.0. The minimum absolute atomic E-state index is 0.0225. The van der Waals surface area contributed by atoms with Crippen molar-refractivity contribution in [2.75, 3.05) is 64.4 Å². The van der Waals surface area contributed by atoms with Gasteiger partial charge in [-0.2, -0.15) is 5.26 Å².